The van der Waals surface area contributed by atoms with Gasteiger partial charge in [0, 0.05) is 26.0 Å². The van der Waals surface area contributed by atoms with E-state index in [9.17, 15) is 9.59 Å². The number of rotatable bonds is 8. The van der Waals surface area contributed by atoms with E-state index in [1.165, 1.54) is 13.3 Å². The van der Waals surface area contributed by atoms with E-state index in [0.29, 0.717) is 38.7 Å². The number of aromatic nitrogens is 1. The van der Waals surface area contributed by atoms with Crippen LogP contribution >= 0.6 is 39.1 Å². The third-order valence-electron chi connectivity index (χ3n) is 6.32. The lowest BCUT2D eigenvalue weighted by atomic mass is 10.0. The SMILES string of the molecule is COc1cc(C=NNC(=O)c2[nH]c3c(OC)ccc(Br)c3c2-c2ccccc2Cl)ccc1OC(=O)c1ccccc1Cl. The number of methoxy groups -OCH3 is 2. The van der Waals surface area contributed by atoms with Crippen molar-refractivity contribution in [3.63, 3.8) is 0 Å². The predicted molar refractivity (Wildman–Crippen MR) is 167 cm³/mol. The van der Waals surface area contributed by atoms with Crippen LogP contribution in [0.2, 0.25) is 10.0 Å². The lowest BCUT2D eigenvalue weighted by molar-refractivity contribution is 0.0729. The van der Waals surface area contributed by atoms with Crippen LogP contribution in [0.25, 0.3) is 22.0 Å². The fraction of sp³-hybridized carbons (Fsp3) is 0.0645. The first-order valence-corrected chi connectivity index (χ1v) is 14.0. The molecule has 212 valence electrons. The second-order valence-electron chi connectivity index (χ2n) is 8.83. The van der Waals surface area contributed by atoms with E-state index in [-0.39, 0.29) is 22.0 Å². The van der Waals surface area contributed by atoms with Crippen molar-refractivity contribution in [2.75, 3.05) is 14.2 Å². The molecule has 0 spiro atoms. The highest BCUT2D eigenvalue weighted by Crippen LogP contribution is 2.43. The number of nitrogens with one attached hydrogen (secondary N) is 2. The summed E-state index contributed by atoms with van der Waals surface area (Å²) in [6.45, 7) is 0. The molecule has 5 rings (SSSR count). The number of hydrogen-bond acceptors (Lipinski definition) is 6. The number of hydrogen-bond donors (Lipinski definition) is 2. The Kier molecular flexibility index (Phi) is 8.82. The van der Waals surface area contributed by atoms with Crippen molar-refractivity contribution < 1.29 is 23.8 Å². The standard InChI is InChI=1S/C31H22BrCl2N3O5/c1-40-24-14-12-20(32)27-26(18-7-3-5-9-21(18)33)29(36-28(24)27)30(38)37-35-16-17-11-13-23(25(15-17)41-2)42-31(39)19-8-4-6-10-22(19)34/h3-16,36H,1-2H3,(H,37,38). The summed E-state index contributed by atoms with van der Waals surface area (Å²) >= 11 is 16.3. The van der Waals surface area contributed by atoms with Gasteiger partial charge in [0.1, 0.15) is 11.4 Å². The average Bonchev–Trinajstić information content (AvgIpc) is 3.40. The molecular weight excluding hydrogens is 645 g/mol. The molecule has 1 amide bonds. The summed E-state index contributed by atoms with van der Waals surface area (Å²) in [6.07, 6.45) is 1.44. The molecule has 0 saturated heterocycles. The molecule has 0 unspecified atom stereocenters. The molecule has 0 saturated carbocycles. The molecule has 0 aliphatic carbocycles. The maximum Gasteiger partial charge on any atom is 0.345 e. The fourth-order valence-electron chi connectivity index (χ4n) is 4.36. The summed E-state index contributed by atoms with van der Waals surface area (Å²) in [5, 5.41) is 5.63. The molecule has 0 atom stereocenters. The Morgan fingerprint density at radius 3 is 2.29 bits per heavy atom. The molecule has 0 aliphatic heterocycles. The first-order chi connectivity index (χ1) is 20.3. The minimum atomic E-state index is -0.622. The number of hydrazone groups is 1. The van der Waals surface area contributed by atoms with Crippen molar-refractivity contribution in [3.8, 4) is 28.4 Å². The normalized spacial score (nSPS) is 11.1. The zero-order valence-electron chi connectivity index (χ0n) is 22.2. The molecule has 1 heterocycles. The zero-order valence-corrected chi connectivity index (χ0v) is 25.3. The minimum absolute atomic E-state index is 0.200. The molecule has 0 radical (unpaired) electrons. The quantitative estimate of drug-likeness (QED) is 0.0759. The van der Waals surface area contributed by atoms with Gasteiger partial charge in [-0.2, -0.15) is 5.10 Å². The fourth-order valence-corrected chi connectivity index (χ4v) is 5.34. The van der Waals surface area contributed by atoms with Gasteiger partial charge in [0.2, 0.25) is 0 Å². The number of halogens is 3. The van der Waals surface area contributed by atoms with Crippen molar-refractivity contribution in [2.24, 2.45) is 5.10 Å². The molecule has 11 heteroatoms. The number of amides is 1. The Balaban J connectivity index is 1.41. The summed E-state index contributed by atoms with van der Waals surface area (Å²) < 4.78 is 17.2. The minimum Gasteiger partial charge on any atom is -0.495 e. The molecule has 4 aromatic carbocycles. The number of aromatic amines is 1. The van der Waals surface area contributed by atoms with Gasteiger partial charge in [0.15, 0.2) is 11.5 Å². The zero-order chi connectivity index (χ0) is 29.8. The van der Waals surface area contributed by atoms with E-state index in [0.717, 1.165) is 9.86 Å². The lowest BCUT2D eigenvalue weighted by Crippen LogP contribution is -2.19. The number of nitrogens with zero attached hydrogens (tertiary/aromatic N) is 1. The predicted octanol–water partition coefficient (Wildman–Crippen LogP) is 7.90. The molecule has 1 aromatic heterocycles. The summed E-state index contributed by atoms with van der Waals surface area (Å²) in [7, 11) is 3.00. The van der Waals surface area contributed by atoms with Crippen LogP contribution in [-0.4, -0.2) is 37.3 Å². The summed E-state index contributed by atoms with van der Waals surface area (Å²) in [5.74, 6) is -0.0663. The Bertz CT molecular complexity index is 1850. The Morgan fingerprint density at radius 2 is 1.57 bits per heavy atom. The van der Waals surface area contributed by atoms with Crippen molar-refractivity contribution in [2.45, 2.75) is 0 Å². The van der Waals surface area contributed by atoms with Gasteiger partial charge < -0.3 is 19.2 Å². The molecule has 42 heavy (non-hydrogen) atoms. The molecule has 8 nitrogen and oxygen atoms in total. The molecule has 0 bridgehead atoms. The highest BCUT2D eigenvalue weighted by atomic mass is 79.9. The van der Waals surface area contributed by atoms with Gasteiger partial charge in [-0.05, 0) is 54.1 Å². The van der Waals surface area contributed by atoms with Crippen molar-refractivity contribution >= 4 is 68.1 Å². The lowest BCUT2D eigenvalue weighted by Gasteiger charge is -2.10. The van der Waals surface area contributed by atoms with Crippen LogP contribution in [0.15, 0.2) is 88.4 Å². The molecule has 2 N–H and O–H groups in total. The molecule has 0 aliphatic rings. The molecular formula is C31H22BrCl2N3O5. The smallest absolute Gasteiger partial charge is 0.345 e. The second kappa shape index (κ2) is 12.7. The van der Waals surface area contributed by atoms with Crippen molar-refractivity contribution in [3.05, 3.63) is 110 Å². The first-order valence-electron chi connectivity index (χ1n) is 12.4. The van der Waals surface area contributed by atoms with Crippen molar-refractivity contribution in [1.29, 1.82) is 0 Å². The van der Waals surface area contributed by atoms with E-state index in [4.69, 9.17) is 37.4 Å². The number of fused-ring (bicyclic) bond motifs is 1. The third-order valence-corrected chi connectivity index (χ3v) is 7.64. The topological polar surface area (TPSA) is 102 Å². The molecule has 5 aromatic rings. The van der Waals surface area contributed by atoms with Crippen LogP contribution in [0.5, 0.6) is 17.2 Å². The third kappa shape index (κ3) is 5.85. The number of H-pyrrole nitrogens is 1. The van der Waals surface area contributed by atoms with Gasteiger partial charge in [-0.25, -0.2) is 10.2 Å². The van der Waals surface area contributed by atoms with E-state index >= 15 is 0 Å². The van der Waals surface area contributed by atoms with Gasteiger partial charge >= 0.3 is 5.97 Å². The van der Waals surface area contributed by atoms with Crippen LogP contribution in [0.3, 0.4) is 0 Å². The highest BCUT2D eigenvalue weighted by molar-refractivity contribution is 9.10. The average molecular weight is 667 g/mol. The van der Waals surface area contributed by atoms with E-state index in [1.807, 2.05) is 24.3 Å². The molecule has 0 fully saturated rings. The second-order valence-corrected chi connectivity index (χ2v) is 10.5. The van der Waals surface area contributed by atoms with E-state index in [1.54, 1.807) is 61.7 Å². The van der Waals surface area contributed by atoms with Crippen molar-refractivity contribution in [1.82, 2.24) is 10.4 Å². The number of carbonyl (C=O) groups excluding carboxylic acids is 2. The maximum absolute atomic E-state index is 13.4. The number of carbonyl (C=O) groups is 2. The first kappa shape index (κ1) is 29.2. The van der Waals surface area contributed by atoms with Gasteiger partial charge in [-0.1, -0.05) is 69.5 Å². The van der Waals surface area contributed by atoms with Gasteiger partial charge in [0.25, 0.3) is 5.91 Å². The largest absolute Gasteiger partial charge is 0.495 e. The number of esters is 1. The maximum atomic E-state index is 13.4. The Labute approximate surface area is 259 Å². The monoisotopic (exact) mass is 665 g/mol. The van der Waals surface area contributed by atoms with Crippen LogP contribution in [0.4, 0.5) is 0 Å². The van der Waals surface area contributed by atoms with Gasteiger partial charge in [-0.15, -0.1) is 0 Å². The summed E-state index contributed by atoms with van der Waals surface area (Å²) in [5.41, 5.74) is 5.52. The Morgan fingerprint density at radius 1 is 0.881 bits per heavy atom. The van der Waals surface area contributed by atoms with Crippen LogP contribution in [-0.2, 0) is 0 Å². The number of benzene rings is 4. The number of ether oxygens (including phenoxy) is 3. The highest BCUT2D eigenvalue weighted by Gasteiger charge is 2.24. The van der Waals surface area contributed by atoms with Gasteiger partial charge in [0.05, 0.1) is 36.5 Å². The Hall–Kier alpha value is -4.31. The van der Waals surface area contributed by atoms with E-state index in [2.05, 4.69) is 31.4 Å². The summed E-state index contributed by atoms with van der Waals surface area (Å²) in [6, 6.07) is 22.3. The summed E-state index contributed by atoms with van der Waals surface area (Å²) in [4.78, 5) is 29.2. The van der Waals surface area contributed by atoms with Crippen LogP contribution < -0.4 is 19.6 Å². The van der Waals surface area contributed by atoms with Gasteiger partial charge in [-0.3, -0.25) is 4.79 Å². The van der Waals surface area contributed by atoms with E-state index < -0.39 is 11.9 Å². The van der Waals surface area contributed by atoms with Crippen LogP contribution in [0, 0.1) is 0 Å². The van der Waals surface area contributed by atoms with Crippen LogP contribution in [0.1, 0.15) is 26.4 Å².